The summed E-state index contributed by atoms with van der Waals surface area (Å²) >= 11 is 13.4. The first kappa shape index (κ1) is 12.6. The number of aldehydes is 1. The maximum absolute atomic E-state index is 10.7. The lowest BCUT2D eigenvalue weighted by Crippen LogP contribution is -1.90. The number of rotatable bonds is 3. The molecule has 0 saturated heterocycles. The van der Waals surface area contributed by atoms with Gasteiger partial charge in [-0.3, -0.25) is 4.79 Å². The Balaban J connectivity index is 2.28. The Morgan fingerprint density at radius 1 is 1.41 bits per heavy atom. The van der Waals surface area contributed by atoms with E-state index in [2.05, 4.69) is 4.98 Å². The van der Waals surface area contributed by atoms with Crippen molar-refractivity contribution >= 4 is 40.8 Å². The molecule has 0 spiro atoms. The van der Waals surface area contributed by atoms with Gasteiger partial charge < -0.3 is 0 Å². The highest BCUT2D eigenvalue weighted by Crippen LogP contribution is 2.25. The number of aromatic nitrogens is 1. The average Bonchev–Trinajstić information content (AvgIpc) is 2.63. The molecule has 2 rings (SSSR count). The Bertz CT molecular complexity index is 566. The summed E-state index contributed by atoms with van der Waals surface area (Å²) in [4.78, 5) is 15.9. The van der Waals surface area contributed by atoms with Crippen LogP contribution in [0.3, 0.4) is 0 Å². The van der Waals surface area contributed by atoms with Crippen molar-refractivity contribution < 1.29 is 4.79 Å². The van der Waals surface area contributed by atoms with Gasteiger partial charge in [-0.15, -0.1) is 11.3 Å². The highest BCUT2D eigenvalue weighted by Gasteiger charge is 2.09. The number of carbonyl (C=O) groups excluding carboxylic acids is 1. The highest BCUT2D eigenvalue weighted by atomic mass is 35.5. The van der Waals surface area contributed by atoms with Crippen molar-refractivity contribution in [1.82, 2.24) is 4.98 Å². The van der Waals surface area contributed by atoms with Gasteiger partial charge in [0.05, 0.1) is 5.01 Å². The molecule has 1 heterocycles. The van der Waals surface area contributed by atoms with Crippen LogP contribution in [-0.4, -0.2) is 11.3 Å². The van der Waals surface area contributed by atoms with Crippen molar-refractivity contribution in [3.05, 3.63) is 49.4 Å². The minimum atomic E-state index is 0.509. The van der Waals surface area contributed by atoms with Crippen LogP contribution in [0.4, 0.5) is 0 Å². The molecule has 1 aromatic heterocycles. The molecule has 0 aliphatic carbocycles. The lowest BCUT2D eigenvalue weighted by molar-refractivity contribution is 0.111. The fourth-order valence-corrected chi connectivity index (χ4v) is 2.88. The summed E-state index contributed by atoms with van der Waals surface area (Å²) in [6.07, 6.45) is 1.40. The van der Waals surface area contributed by atoms with Gasteiger partial charge in [-0.2, -0.15) is 0 Å². The number of hydrogen-bond donors (Lipinski definition) is 0. The first-order chi connectivity index (χ1) is 8.10. The first-order valence-electron chi connectivity index (χ1n) is 4.95. The molecule has 0 radical (unpaired) electrons. The SMILES string of the molecule is Cc1sc(Cc2ccc(Cl)cc2Cl)nc1C=O. The van der Waals surface area contributed by atoms with Gasteiger partial charge in [-0.25, -0.2) is 4.98 Å². The molecule has 0 aliphatic heterocycles. The number of halogens is 2. The van der Waals surface area contributed by atoms with Crippen LogP contribution in [0.5, 0.6) is 0 Å². The van der Waals surface area contributed by atoms with Crippen molar-refractivity contribution in [3.63, 3.8) is 0 Å². The summed E-state index contributed by atoms with van der Waals surface area (Å²) in [6, 6.07) is 5.38. The maximum atomic E-state index is 10.7. The fraction of sp³-hybridized carbons (Fsp3) is 0.167. The summed E-state index contributed by atoms with van der Waals surface area (Å²) in [5.41, 5.74) is 1.47. The average molecular weight is 286 g/mol. The predicted octanol–water partition coefficient (Wildman–Crippen LogP) is 4.16. The lowest BCUT2D eigenvalue weighted by Gasteiger charge is -2.01. The zero-order chi connectivity index (χ0) is 12.4. The van der Waals surface area contributed by atoms with E-state index in [1.807, 2.05) is 13.0 Å². The second-order valence-corrected chi connectivity index (χ2v) is 5.71. The molecule has 0 amide bonds. The topological polar surface area (TPSA) is 30.0 Å². The van der Waals surface area contributed by atoms with Gasteiger partial charge in [0.25, 0.3) is 0 Å². The van der Waals surface area contributed by atoms with E-state index in [1.165, 1.54) is 11.3 Å². The standard InChI is InChI=1S/C12H9Cl2NOS/c1-7-11(6-16)15-12(17-7)4-8-2-3-9(13)5-10(8)14/h2-3,5-6H,4H2,1H3. The van der Waals surface area contributed by atoms with Crippen LogP contribution in [-0.2, 0) is 6.42 Å². The Hall–Kier alpha value is -0.900. The molecular formula is C12H9Cl2NOS. The van der Waals surface area contributed by atoms with E-state index >= 15 is 0 Å². The molecule has 2 nitrogen and oxygen atoms in total. The fourth-order valence-electron chi connectivity index (χ4n) is 1.48. The van der Waals surface area contributed by atoms with Crippen LogP contribution in [0, 0.1) is 6.92 Å². The zero-order valence-corrected chi connectivity index (χ0v) is 11.4. The van der Waals surface area contributed by atoms with Crippen LogP contribution in [0.1, 0.15) is 25.9 Å². The maximum Gasteiger partial charge on any atom is 0.169 e. The second-order valence-electron chi connectivity index (χ2n) is 3.58. The summed E-state index contributed by atoms with van der Waals surface area (Å²) in [5, 5.41) is 2.12. The van der Waals surface area contributed by atoms with E-state index in [0.717, 1.165) is 21.7 Å². The third-order valence-corrected chi connectivity index (χ3v) is 3.92. The molecule has 0 atom stereocenters. The Morgan fingerprint density at radius 2 is 2.18 bits per heavy atom. The van der Waals surface area contributed by atoms with E-state index < -0.39 is 0 Å². The molecule has 17 heavy (non-hydrogen) atoms. The molecule has 1 aromatic carbocycles. The smallest absolute Gasteiger partial charge is 0.169 e. The third-order valence-electron chi connectivity index (χ3n) is 2.35. The van der Waals surface area contributed by atoms with Crippen LogP contribution < -0.4 is 0 Å². The van der Waals surface area contributed by atoms with Gasteiger partial charge in [0, 0.05) is 21.3 Å². The van der Waals surface area contributed by atoms with Crippen LogP contribution in [0.15, 0.2) is 18.2 Å². The summed E-state index contributed by atoms with van der Waals surface area (Å²) in [6.45, 7) is 1.88. The number of aryl methyl sites for hydroxylation is 1. The Labute approximate surface area is 113 Å². The molecule has 0 N–H and O–H groups in total. The van der Waals surface area contributed by atoms with Gasteiger partial charge in [0.15, 0.2) is 6.29 Å². The van der Waals surface area contributed by atoms with Gasteiger partial charge in [0.2, 0.25) is 0 Å². The number of carbonyl (C=O) groups is 1. The third kappa shape index (κ3) is 2.86. The summed E-state index contributed by atoms with van der Waals surface area (Å²) in [5.74, 6) is 0. The minimum Gasteiger partial charge on any atom is -0.296 e. The lowest BCUT2D eigenvalue weighted by atomic mass is 10.1. The van der Waals surface area contributed by atoms with Gasteiger partial charge >= 0.3 is 0 Å². The van der Waals surface area contributed by atoms with E-state index in [1.54, 1.807) is 12.1 Å². The monoisotopic (exact) mass is 285 g/mol. The van der Waals surface area contributed by atoms with Crippen molar-refractivity contribution in [2.75, 3.05) is 0 Å². The molecule has 0 bridgehead atoms. The molecule has 0 fully saturated rings. The quantitative estimate of drug-likeness (QED) is 0.793. The Morgan fingerprint density at radius 3 is 2.76 bits per heavy atom. The molecule has 0 saturated carbocycles. The van der Waals surface area contributed by atoms with Crippen molar-refractivity contribution in [2.24, 2.45) is 0 Å². The number of thiazole rings is 1. The molecule has 0 unspecified atom stereocenters. The molecule has 88 valence electrons. The van der Waals surface area contributed by atoms with Crippen molar-refractivity contribution in [2.45, 2.75) is 13.3 Å². The highest BCUT2D eigenvalue weighted by molar-refractivity contribution is 7.11. The van der Waals surface area contributed by atoms with Crippen LogP contribution in [0.25, 0.3) is 0 Å². The van der Waals surface area contributed by atoms with Gasteiger partial charge in [-0.05, 0) is 24.6 Å². The minimum absolute atomic E-state index is 0.509. The Kier molecular flexibility index (Phi) is 3.82. The van der Waals surface area contributed by atoms with Crippen molar-refractivity contribution in [3.8, 4) is 0 Å². The van der Waals surface area contributed by atoms with E-state index in [0.29, 0.717) is 22.2 Å². The second kappa shape index (κ2) is 5.17. The van der Waals surface area contributed by atoms with E-state index in [9.17, 15) is 4.79 Å². The van der Waals surface area contributed by atoms with Crippen LogP contribution >= 0.6 is 34.5 Å². The first-order valence-corrected chi connectivity index (χ1v) is 6.53. The van der Waals surface area contributed by atoms with E-state index in [4.69, 9.17) is 23.2 Å². The number of hydrogen-bond acceptors (Lipinski definition) is 3. The predicted molar refractivity (Wildman–Crippen MR) is 71.5 cm³/mol. The summed E-state index contributed by atoms with van der Waals surface area (Å²) in [7, 11) is 0. The van der Waals surface area contributed by atoms with Crippen molar-refractivity contribution in [1.29, 1.82) is 0 Å². The van der Waals surface area contributed by atoms with Crippen LogP contribution in [0.2, 0.25) is 10.0 Å². The van der Waals surface area contributed by atoms with Gasteiger partial charge in [0.1, 0.15) is 5.69 Å². The molecular weight excluding hydrogens is 277 g/mol. The number of nitrogens with zero attached hydrogens (tertiary/aromatic N) is 1. The van der Waals surface area contributed by atoms with E-state index in [-0.39, 0.29) is 0 Å². The molecule has 5 heteroatoms. The summed E-state index contributed by atoms with van der Waals surface area (Å²) < 4.78 is 0. The molecule has 0 aliphatic rings. The molecule has 2 aromatic rings. The number of benzene rings is 1. The zero-order valence-electron chi connectivity index (χ0n) is 9.04. The normalized spacial score (nSPS) is 10.5. The van der Waals surface area contributed by atoms with Gasteiger partial charge in [-0.1, -0.05) is 29.3 Å². The largest absolute Gasteiger partial charge is 0.296 e.